The van der Waals surface area contributed by atoms with Gasteiger partial charge in [-0.3, -0.25) is 4.40 Å². The van der Waals surface area contributed by atoms with Crippen LogP contribution in [0.3, 0.4) is 0 Å². The molecule has 0 amide bonds. The van der Waals surface area contributed by atoms with Crippen molar-refractivity contribution in [2.24, 2.45) is 0 Å². The SMILES string of the molecule is [2H]C([2H])([2H])c1ccc(-c2c(C3([2H])CCCC3)ccc3c2Oc2ccccc2C(C)(C)C3(C)C)cc1-c1cc(-c2c(C3([2H])CCCC3)ccc3c2nc2oc4ccccc4n23)ccc1C([2H])([2H])[2H]. The van der Waals surface area contributed by atoms with Crippen LogP contribution in [0.2, 0.25) is 0 Å². The molecular weight excluding hydrogens is 721 g/mol. The van der Waals surface area contributed by atoms with Crippen LogP contribution in [0.5, 0.6) is 11.5 Å². The summed E-state index contributed by atoms with van der Waals surface area (Å²) in [6.45, 7) is 3.66. The lowest BCUT2D eigenvalue weighted by Gasteiger charge is -2.41. The minimum absolute atomic E-state index is 0.00611. The zero-order valence-electron chi connectivity index (χ0n) is 42.3. The molecule has 4 heteroatoms. The van der Waals surface area contributed by atoms with E-state index in [0.717, 1.165) is 70.3 Å². The highest BCUT2D eigenvalue weighted by Crippen LogP contribution is 2.57. The van der Waals surface area contributed by atoms with Gasteiger partial charge in [-0.25, -0.2) is 0 Å². The molecule has 0 atom stereocenters. The molecule has 3 aliphatic rings. The molecule has 11 rings (SSSR count). The van der Waals surface area contributed by atoms with Gasteiger partial charge in [-0.2, -0.15) is 4.98 Å². The first-order valence-corrected chi connectivity index (χ1v) is 21.3. The molecule has 2 aromatic heterocycles. The maximum atomic E-state index is 10.0. The van der Waals surface area contributed by atoms with Gasteiger partial charge >= 0.3 is 5.84 Å². The van der Waals surface area contributed by atoms with Gasteiger partial charge in [-0.1, -0.05) is 126 Å². The van der Waals surface area contributed by atoms with Crippen LogP contribution in [0.15, 0.2) is 114 Å². The minimum atomic E-state index is -2.63. The normalized spacial score (nSPS) is 21.2. The highest BCUT2D eigenvalue weighted by atomic mass is 16.5. The van der Waals surface area contributed by atoms with Crippen LogP contribution in [0, 0.1) is 13.7 Å². The lowest BCUT2D eigenvalue weighted by Crippen LogP contribution is -2.39. The second-order valence-electron chi connectivity index (χ2n) is 18.0. The topological polar surface area (TPSA) is 39.7 Å². The standard InChI is InChI=1S/C55H54N2O2/c1-33-23-25-37(49-39(35-15-7-8-16-35)28-30-46-51(49)56-53-57(46)45-20-12-14-22-48(45)59-53)31-41(33)42-32-38(26-24-34(42)2)50-40(36-17-9-10-18-36)27-29-44-52(50)58-47-21-13-11-19-43(47)54(3,4)55(44,5)6/h11-14,19-32,35-36H,7-10,15-18H2,1-6H3/i1D3,2D3,35D,36D. The molecule has 6 aromatic carbocycles. The third kappa shape index (κ3) is 5.51. The molecule has 0 spiro atoms. The second kappa shape index (κ2) is 13.5. The molecule has 59 heavy (non-hydrogen) atoms. The number of hydrogen-bond donors (Lipinski definition) is 0. The van der Waals surface area contributed by atoms with Crippen molar-refractivity contribution in [2.75, 3.05) is 0 Å². The Bertz CT molecular complexity index is 3300. The van der Waals surface area contributed by atoms with Gasteiger partial charge in [0.1, 0.15) is 17.0 Å². The molecule has 3 heterocycles. The molecule has 0 bridgehead atoms. The van der Waals surface area contributed by atoms with E-state index >= 15 is 0 Å². The van der Waals surface area contributed by atoms with Crippen molar-refractivity contribution < 1.29 is 20.1 Å². The van der Waals surface area contributed by atoms with Gasteiger partial charge in [0, 0.05) is 44.0 Å². The summed E-state index contributed by atoms with van der Waals surface area (Å²) in [5, 5.41) is 0. The Labute approximate surface area is 359 Å². The minimum Gasteiger partial charge on any atom is -0.456 e. The maximum Gasteiger partial charge on any atom is 0.307 e. The quantitative estimate of drug-likeness (QED) is 0.175. The Morgan fingerprint density at radius 1 is 0.627 bits per heavy atom. The summed E-state index contributed by atoms with van der Waals surface area (Å²) in [6.07, 6.45) is 6.27. The van der Waals surface area contributed by atoms with Crippen LogP contribution in [-0.2, 0) is 10.8 Å². The fraction of sp³-hybridized carbons (Fsp3) is 0.327. The van der Waals surface area contributed by atoms with E-state index in [4.69, 9.17) is 22.4 Å². The Balaban J connectivity index is 1.21. The number of benzene rings is 6. The van der Waals surface area contributed by atoms with E-state index in [1.807, 2.05) is 71.1 Å². The molecule has 0 N–H and O–H groups in total. The Morgan fingerprint density at radius 2 is 1.22 bits per heavy atom. The molecule has 2 aliphatic carbocycles. The molecule has 0 radical (unpaired) electrons. The first-order valence-electron chi connectivity index (χ1n) is 25.3. The van der Waals surface area contributed by atoms with Gasteiger partial charge < -0.3 is 9.15 Å². The smallest absolute Gasteiger partial charge is 0.307 e. The fourth-order valence-electron chi connectivity index (χ4n) is 10.4. The van der Waals surface area contributed by atoms with Gasteiger partial charge in [-0.15, -0.1) is 0 Å². The first kappa shape index (κ1) is 28.8. The molecule has 1 aliphatic heterocycles. The van der Waals surface area contributed by atoms with E-state index in [-0.39, 0.29) is 27.7 Å². The summed E-state index contributed by atoms with van der Waals surface area (Å²) in [5.41, 5.74) is 8.93. The Hall–Kier alpha value is -5.61. The number of ether oxygens (including phenoxy) is 1. The molecule has 2 saturated carbocycles. The summed E-state index contributed by atoms with van der Waals surface area (Å²) in [7, 11) is 0. The predicted molar refractivity (Wildman–Crippen MR) is 243 cm³/mol. The van der Waals surface area contributed by atoms with Crippen molar-refractivity contribution >= 4 is 28.0 Å². The van der Waals surface area contributed by atoms with E-state index in [1.165, 1.54) is 0 Å². The van der Waals surface area contributed by atoms with Crippen molar-refractivity contribution in [3.63, 3.8) is 0 Å². The van der Waals surface area contributed by atoms with Crippen molar-refractivity contribution in [3.8, 4) is 44.9 Å². The van der Waals surface area contributed by atoms with E-state index in [9.17, 15) is 2.74 Å². The van der Waals surface area contributed by atoms with Gasteiger partial charge in [0.05, 0.1) is 11.0 Å². The summed E-state index contributed by atoms with van der Waals surface area (Å²) in [6, 6.07) is 34.5. The zero-order valence-corrected chi connectivity index (χ0v) is 34.3. The number of para-hydroxylation sites is 3. The average molecular weight is 783 g/mol. The highest BCUT2D eigenvalue weighted by Gasteiger charge is 2.46. The first-order chi connectivity index (χ1) is 31.7. The number of oxazole rings is 1. The third-order valence-corrected chi connectivity index (χ3v) is 14.4. The molecule has 296 valence electrons. The van der Waals surface area contributed by atoms with Crippen molar-refractivity contribution in [2.45, 2.75) is 115 Å². The summed E-state index contributed by atoms with van der Waals surface area (Å²) in [5.74, 6) is -0.0964. The van der Waals surface area contributed by atoms with Gasteiger partial charge in [0.15, 0.2) is 5.58 Å². The van der Waals surface area contributed by atoms with E-state index < -0.39 is 30.9 Å². The second-order valence-corrected chi connectivity index (χ2v) is 18.0. The summed E-state index contributed by atoms with van der Waals surface area (Å²) < 4.78 is 88.8. The molecule has 2 fully saturated rings. The van der Waals surface area contributed by atoms with E-state index in [0.29, 0.717) is 65.1 Å². The molecule has 4 nitrogen and oxygen atoms in total. The predicted octanol–water partition coefficient (Wildman–Crippen LogP) is 15.5. The monoisotopic (exact) mass is 782 g/mol. The number of rotatable bonds is 5. The Kier molecular flexibility index (Phi) is 6.56. The van der Waals surface area contributed by atoms with E-state index in [1.54, 1.807) is 24.3 Å². The lowest BCUT2D eigenvalue weighted by molar-refractivity contribution is 0.306. The van der Waals surface area contributed by atoms with E-state index in [2.05, 4.69) is 45.9 Å². The fourth-order valence-corrected chi connectivity index (χ4v) is 10.4. The van der Waals surface area contributed by atoms with Crippen LogP contribution < -0.4 is 4.74 Å². The molecule has 8 aromatic rings. The number of nitrogens with zero attached hydrogens (tertiary/aromatic N) is 2. The largest absolute Gasteiger partial charge is 0.456 e. The van der Waals surface area contributed by atoms with Crippen molar-refractivity contribution in [1.29, 1.82) is 0 Å². The van der Waals surface area contributed by atoms with Crippen LogP contribution in [-0.4, -0.2) is 9.38 Å². The van der Waals surface area contributed by atoms with Crippen LogP contribution in [0.1, 0.15) is 135 Å². The zero-order chi connectivity index (χ0) is 47.1. The van der Waals surface area contributed by atoms with Crippen LogP contribution in [0.25, 0.3) is 61.4 Å². The number of hydrogen-bond acceptors (Lipinski definition) is 3. The van der Waals surface area contributed by atoms with Gasteiger partial charge in [-0.05, 0) is 132 Å². The third-order valence-electron chi connectivity index (χ3n) is 14.4. The molecular formula is C55H54N2O2. The van der Waals surface area contributed by atoms with Crippen LogP contribution in [0.4, 0.5) is 0 Å². The van der Waals surface area contributed by atoms with Crippen molar-refractivity contribution in [1.82, 2.24) is 9.38 Å². The average Bonchev–Trinajstić information content (AvgIpc) is 4.09. The summed E-state index contributed by atoms with van der Waals surface area (Å²) in [4.78, 5) is 5.10. The van der Waals surface area contributed by atoms with Gasteiger partial charge in [0.2, 0.25) is 0 Å². The number of fused-ring (bicyclic) bond motifs is 7. The van der Waals surface area contributed by atoms with Crippen LogP contribution >= 0.6 is 0 Å². The Morgan fingerprint density at radius 3 is 1.92 bits per heavy atom. The number of aryl methyl sites for hydroxylation is 2. The maximum absolute atomic E-state index is 10.0. The van der Waals surface area contributed by atoms with Gasteiger partial charge in [0.25, 0.3) is 0 Å². The summed E-state index contributed by atoms with van der Waals surface area (Å²) >= 11 is 0. The number of imidazole rings is 1. The lowest BCUT2D eigenvalue weighted by atomic mass is 9.60. The number of aromatic nitrogens is 2. The van der Waals surface area contributed by atoms with Crippen molar-refractivity contribution in [3.05, 3.63) is 143 Å². The molecule has 0 unspecified atom stereocenters. The highest BCUT2D eigenvalue weighted by molar-refractivity contribution is 5.99. The molecule has 0 saturated heterocycles.